The molecule has 0 spiro atoms. The van der Waals surface area contributed by atoms with Crippen molar-refractivity contribution in [2.24, 2.45) is 0 Å². The first-order valence-electron chi connectivity index (χ1n) is 6.30. The molecule has 6 heteroatoms. The first kappa shape index (κ1) is 12.2. The number of likely N-dealkylation sites (tertiary alicyclic amines) is 1. The van der Waals surface area contributed by atoms with E-state index in [0.29, 0.717) is 23.3 Å². The summed E-state index contributed by atoms with van der Waals surface area (Å²) in [5.41, 5.74) is 0.204. The number of pyridine rings is 1. The maximum absolute atomic E-state index is 11.8. The lowest BCUT2D eigenvalue weighted by molar-refractivity contribution is -0.128. The predicted octanol–water partition coefficient (Wildman–Crippen LogP) is 1.78. The second kappa shape index (κ2) is 4.71. The molecule has 1 saturated heterocycles. The lowest BCUT2D eigenvalue weighted by atomic mass is 10.2. The number of carbonyl (C=O) groups is 1. The zero-order valence-electron chi connectivity index (χ0n) is 10.3. The van der Waals surface area contributed by atoms with Crippen LogP contribution in [-0.2, 0) is 4.79 Å². The van der Waals surface area contributed by atoms with Gasteiger partial charge in [0.2, 0.25) is 5.91 Å². The number of hydrogen-bond acceptors (Lipinski definition) is 4. The number of anilines is 1. The summed E-state index contributed by atoms with van der Waals surface area (Å²) in [5, 5.41) is 12.4. The van der Waals surface area contributed by atoms with Crippen molar-refractivity contribution < 1.29 is 4.79 Å². The van der Waals surface area contributed by atoms with Gasteiger partial charge in [-0.1, -0.05) is 11.6 Å². The lowest BCUT2D eigenvalue weighted by Gasteiger charge is -2.16. The summed E-state index contributed by atoms with van der Waals surface area (Å²) >= 11 is 5.83. The first-order chi connectivity index (χ1) is 9.17. The summed E-state index contributed by atoms with van der Waals surface area (Å²) in [6, 6.07) is 5.83. The summed E-state index contributed by atoms with van der Waals surface area (Å²) in [5.74, 6) is 0.797. The minimum Gasteiger partial charge on any atom is -0.365 e. The van der Waals surface area contributed by atoms with E-state index in [-0.39, 0.29) is 17.6 Å². The third-order valence-electron chi connectivity index (χ3n) is 3.45. The van der Waals surface area contributed by atoms with Crippen molar-refractivity contribution in [1.82, 2.24) is 9.88 Å². The van der Waals surface area contributed by atoms with Crippen molar-refractivity contribution in [1.29, 1.82) is 5.26 Å². The average Bonchev–Trinajstić information content (AvgIpc) is 3.17. The molecule has 2 fully saturated rings. The molecule has 2 aliphatic rings. The Kier molecular flexibility index (Phi) is 3.03. The molecule has 0 radical (unpaired) electrons. The van der Waals surface area contributed by atoms with Crippen LogP contribution in [0, 0.1) is 11.3 Å². The van der Waals surface area contributed by atoms with Gasteiger partial charge in [0.1, 0.15) is 11.9 Å². The van der Waals surface area contributed by atoms with Gasteiger partial charge in [-0.15, -0.1) is 0 Å². The van der Waals surface area contributed by atoms with Crippen LogP contribution in [0.1, 0.15) is 25.0 Å². The van der Waals surface area contributed by atoms with E-state index >= 15 is 0 Å². The molecule has 1 aromatic rings. The normalized spacial score (nSPS) is 22.4. The van der Waals surface area contributed by atoms with Crippen LogP contribution in [0.25, 0.3) is 0 Å². The highest BCUT2D eigenvalue weighted by Crippen LogP contribution is 2.31. The topological polar surface area (TPSA) is 69.0 Å². The number of rotatable bonds is 3. The monoisotopic (exact) mass is 276 g/mol. The van der Waals surface area contributed by atoms with Crippen LogP contribution in [0.2, 0.25) is 5.02 Å². The average molecular weight is 277 g/mol. The summed E-state index contributed by atoms with van der Waals surface area (Å²) < 4.78 is 0. The van der Waals surface area contributed by atoms with E-state index in [2.05, 4.69) is 10.3 Å². The van der Waals surface area contributed by atoms with E-state index in [1.165, 1.54) is 0 Å². The molecule has 1 aliphatic heterocycles. The van der Waals surface area contributed by atoms with Crippen molar-refractivity contribution in [2.45, 2.75) is 31.3 Å². The number of halogens is 1. The minimum atomic E-state index is 0.0633. The molecule has 2 heterocycles. The standard InChI is InChI=1S/C13H13ClN4O/c14-10-3-4-12(17-11(10)6-15)16-8-5-13(19)18(7-8)9-1-2-9/h3-4,8-9H,1-2,5,7H2,(H,16,17). The van der Waals surface area contributed by atoms with Gasteiger partial charge < -0.3 is 10.2 Å². The molecule has 5 nitrogen and oxygen atoms in total. The number of amides is 1. The fourth-order valence-electron chi connectivity index (χ4n) is 2.38. The fraction of sp³-hybridized carbons (Fsp3) is 0.462. The Morgan fingerprint density at radius 3 is 2.95 bits per heavy atom. The molecule has 1 aliphatic carbocycles. The van der Waals surface area contributed by atoms with Gasteiger partial charge in [-0.05, 0) is 25.0 Å². The van der Waals surface area contributed by atoms with E-state index in [4.69, 9.17) is 16.9 Å². The van der Waals surface area contributed by atoms with Crippen LogP contribution >= 0.6 is 11.6 Å². The number of nitriles is 1. The number of carbonyl (C=O) groups excluding carboxylic acids is 1. The fourth-order valence-corrected chi connectivity index (χ4v) is 2.53. The quantitative estimate of drug-likeness (QED) is 0.914. The Hall–Kier alpha value is -1.80. The maximum Gasteiger partial charge on any atom is 0.225 e. The van der Waals surface area contributed by atoms with Crippen LogP contribution in [0.3, 0.4) is 0 Å². The summed E-state index contributed by atoms with van der Waals surface area (Å²) in [6.07, 6.45) is 2.73. The molecule has 1 unspecified atom stereocenters. The molecule has 3 rings (SSSR count). The van der Waals surface area contributed by atoms with Crippen molar-refractivity contribution >= 4 is 23.3 Å². The molecule has 0 bridgehead atoms. The van der Waals surface area contributed by atoms with Gasteiger partial charge in [0.25, 0.3) is 0 Å². The van der Waals surface area contributed by atoms with E-state index < -0.39 is 0 Å². The van der Waals surface area contributed by atoms with Gasteiger partial charge in [0, 0.05) is 19.0 Å². The van der Waals surface area contributed by atoms with Gasteiger partial charge in [-0.25, -0.2) is 4.98 Å². The zero-order chi connectivity index (χ0) is 13.4. The molecular weight excluding hydrogens is 264 g/mol. The highest BCUT2D eigenvalue weighted by molar-refractivity contribution is 6.31. The number of aromatic nitrogens is 1. The van der Waals surface area contributed by atoms with E-state index in [1.807, 2.05) is 11.0 Å². The summed E-state index contributed by atoms with van der Waals surface area (Å²) in [6.45, 7) is 0.718. The van der Waals surface area contributed by atoms with Gasteiger partial charge in [-0.2, -0.15) is 5.26 Å². The molecular formula is C13H13ClN4O. The predicted molar refractivity (Wildman–Crippen MR) is 70.7 cm³/mol. The first-order valence-corrected chi connectivity index (χ1v) is 6.68. The van der Waals surface area contributed by atoms with Crippen LogP contribution in [-0.4, -0.2) is 34.4 Å². The van der Waals surface area contributed by atoms with Crippen molar-refractivity contribution in [3.05, 3.63) is 22.8 Å². The molecule has 1 aromatic heterocycles. The van der Waals surface area contributed by atoms with Crippen LogP contribution < -0.4 is 5.32 Å². The molecule has 1 N–H and O–H groups in total. The molecule has 1 saturated carbocycles. The van der Waals surface area contributed by atoms with Crippen LogP contribution in [0.15, 0.2) is 12.1 Å². The van der Waals surface area contributed by atoms with Crippen molar-refractivity contribution in [3.63, 3.8) is 0 Å². The maximum atomic E-state index is 11.8. The molecule has 1 atom stereocenters. The minimum absolute atomic E-state index is 0.0633. The smallest absolute Gasteiger partial charge is 0.225 e. The van der Waals surface area contributed by atoms with E-state index in [9.17, 15) is 4.79 Å². The molecule has 19 heavy (non-hydrogen) atoms. The lowest BCUT2D eigenvalue weighted by Crippen LogP contribution is -2.29. The van der Waals surface area contributed by atoms with Crippen molar-refractivity contribution in [2.75, 3.05) is 11.9 Å². The SMILES string of the molecule is N#Cc1nc(NC2CC(=O)N(C3CC3)C2)ccc1Cl. The largest absolute Gasteiger partial charge is 0.365 e. The number of nitrogens with one attached hydrogen (secondary N) is 1. The van der Waals surface area contributed by atoms with E-state index in [0.717, 1.165) is 19.4 Å². The number of nitrogens with zero attached hydrogens (tertiary/aromatic N) is 3. The molecule has 1 amide bonds. The van der Waals surface area contributed by atoms with Crippen LogP contribution in [0.4, 0.5) is 5.82 Å². The van der Waals surface area contributed by atoms with Gasteiger partial charge in [-0.3, -0.25) is 4.79 Å². The number of hydrogen-bond donors (Lipinski definition) is 1. The Bertz CT molecular complexity index is 564. The second-order valence-electron chi connectivity index (χ2n) is 4.96. The molecule has 98 valence electrons. The highest BCUT2D eigenvalue weighted by Gasteiger charge is 2.39. The Morgan fingerprint density at radius 1 is 1.47 bits per heavy atom. The van der Waals surface area contributed by atoms with Gasteiger partial charge in [0.15, 0.2) is 5.69 Å². The van der Waals surface area contributed by atoms with Gasteiger partial charge in [0.05, 0.1) is 11.1 Å². The highest BCUT2D eigenvalue weighted by atomic mass is 35.5. The second-order valence-corrected chi connectivity index (χ2v) is 5.37. The summed E-state index contributed by atoms with van der Waals surface area (Å²) in [4.78, 5) is 17.9. The third-order valence-corrected chi connectivity index (χ3v) is 3.76. The zero-order valence-corrected chi connectivity index (χ0v) is 11.0. The molecule has 0 aromatic carbocycles. The van der Waals surface area contributed by atoms with Crippen molar-refractivity contribution in [3.8, 4) is 6.07 Å². The Labute approximate surface area is 116 Å². The Balaban J connectivity index is 1.69. The Morgan fingerprint density at radius 2 is 2.26 bits per heavy atom. The van der Waals surface area contributed by atoms with E-state index in [1.54, 1.807) is 12.1 Å². The van der Waals surface area contributed by atoms with Gasteiger partial charge >= 0.3 is 0 Å². The van der Waals surface area contributed by atoms with Crippen LogP contribution in [0.5, 0.6) is 0 Å². The third kappa shape index (κ3) is 2.49. The summed E-state index contributed by atoms with van der Waals surface area (Å²) in [7, 11) is 0.